The summed E-state index contributed by atoms with van der Waals surface area (Å²) < 4.78 is 0. The largest absolute Gasteiger partial charge is 0.350 e. The van der Waals surface area contributed by atoms with Crippen molar-refractivity contribution in [1.29, 1.82) is 0 Å². The number of hydrogen-bond acceptors (Lipinski definition) is 2. The highest BCUT2D eigenvalue weighted by molar-refractivity contribution is 5.97. The van der Waals surface area contributed by atoms with Gasteiger partial charge in [0.2, 0.25) is 5.91 Å². The molecule has 1 aromatic rings. The molecular weight excluding hydrogens is 288 g/mol. The van der Waals surface area contributed by atoms with E-state index in [0.717, 1.165) is 6.42 Å². The number of nitrogens with zero attached hydrogens (tertiary/aromatic N) is 1. The van der Waals surface area contributed by atoms with Crippen molar-refractivity contribution >= 4 is 11.8 Å². The Bertz CT molecular complexity index is 518. The van der Waals surface area contributed by atoms with Crippen LogP contribution in [0.4, 0.5) is 0 Å². The lowest BCUT2D eigenvalue weighted by Crippen LogP contribution is -2.56. The fraction of sp³-hybridized carbons (Fsp3) is 0.579. The van der Waals surface area contributed by atoms with Crippen molar-refractivity contribution in [2.45, 2.75) is 59.5 Å². The molecule has 4 nitrogen and oxygen atoms in total. The topological polar surface area (TPSA) is 49.4 Å². The second kappa shape index (κ2) is 8.14. The van der Waals surface area contributed by atoms with Crippen LogP contribution in [0.5, 0.6) is 0 Å². The second-order valence-corrected chi connectivity index (χ2v) is 7.29. The van der Waals surface area contributed by atoms with Crippen LogP contribution in [0.1, 0.15) is 58.3 Å². The van der Waals surface area contributed by atoms with Gasteiger partial charge in [-0.1, -0.05) is 39.0 Å². The van der Waals surface area contributed by atoms with Gasteiger partial charge in [0, 0.05) is 17.6 Å². The van der Waals surface area contributed by atoms with Gasteiger partial charge in [-0.15, -0.1) is 0 Å². The Morgan fingerprint density at radius 3 is 2.13 bits per heavy atom. The molecule has 0 radical (unpaired) electrons. The quantitative estimate of drug-likeness (QED) is 0.873. The van der Waals surface area contributed by atoms with E-state index >= 15 is 0 Å². The third-order valence-corrected chi connectivity index (χ3v) is 3.48. The molecule has 0 aliphatic heterocycles. The van der Waals surface area contributed by atoms with Crippen molar-refractivity contribution in [3.8, 4) is 0 Å². The van der Waals surface area contributed by atoms with Crippen molar-refractivity contribution in [3.05, 3.63) is 35.9 Å². The van der Waals surface area contributed by atoms with Crippen LogP contribution >= 0.6 is 0 Å². The monoisotopic (exact) mass is 318 g/mol. The Balaban J connectivity index is 3.11. The molecule has 1 rings (SSSR count). The van der Waals surface area contributed by atoms with E-state index in [2.05, 4.69) is 5.32 Å². The molecule has 0 saturated carbocycles. The van der Waals surface area contributed by atoms with E-state index in [1.54, 1.807) is 17.0 Å². The van der Waals surface area contributed by atoms with Crippen LogP contribution in [0.15, 0.2) is 30.3 Å². The van der Waals surface area contributed by atoms with Crippen molar-refractivity contribution in [3.63, 3.8) is 0 Å². The lowest BCUT2D eigenvalue weighted by atomic mass is 9.98. The maximum absolute atomic E-state index is 12.9. The molecule has 0 bridgehead atoms. The van der Waals surface area contributed by atoms with Gasteiger partial charge in [-0.25, -0.2) is 0 Å². The van der Waals surface area contributed by atoms with Crippen LogP contribution in [0.25, 0.3) is 0 Å². The maximum atomic E-state index is 12.9. The molecule has 0 aliphatic rings. The first-order chi connectivity index (χ1) is 10.7. The molecule has 0 fully saturated rings. The first-order valence-corrected chi connectivity index (χ1v) is 8.35. The summed E-state index contributed by atoms with van der Waals surface area (Å²) in [5.41, 5.74) is 0.299. The summed E-state index contributed by atoms with van der Waals surface area (Å²) in [7, 11) is 0. The second-order valence-electron chi connectivity index (χ2n) is 7.29. The molecule has 1 N–H and O–H groups in total. The molecular formula is C19H30N2O2. The van der Waals surface area contributed by atoms with E-state index in [-0.39, 0.29) is 23.3 Å². The highest BCUT2D eigenvalue weighted by atomic mass is 16.2. The van der Waals surface area contributed by atoms with E-state index in [1.165, 1.54) is 0 Å². The van der Waals surface area contributed by atoms with Crippen molar-refractivity contribution < 1.29 is 9.59 Å². The molecule has 128 valence electrons. The minimum absolute atomic E-state index is 0.0385. The minimum Gasteiger partial charge on any atom is -0.350 e. The highest BCUT2D eigenvalue weighted by Gasteiger charge is 2.33. The minimum atomic E-state index is -0.470. The van der Waals surface area contributed by atoms with Gasteiger partial charge in [0.25, 0.3) is 5.91 Å². The van der Waals surface area contributed by atoms with Gasteiger partial charge in [-0.2, -0.15) is 0 Å². The third-order valence-electron chi connectivity index (χ3n) is 3.48. The number of hydrogen-bond donors (Lipinski definition) is 1. The van der Waals surface area contributed by atoms with E-state index in [0.29, 0.717) is 12.1 Å². The van der Waals surface area contributed by atoms with Crippen LogP contribution < -0.4 is 5.32 Å². The molecule has 1 aromatic carbocycles. The Morgan fingerprint density at radius 1 is 1.13 bits per heavy atom. The number of nitrogens with one attached hydrogen (secondary N) is 1. The molecule has 0 heterocycles. The summed E-state index contributed by atoms with van der Waals surface area (Å²) in [4.78, 5) is 27.4. The fourth-order valence-corrected chi connectivity index (χ4v) is 2.60. The van der Waals surface area contributed by atoms with E-state index in [4.69, 9.17) is 0 Å². The van der Waals surface area contributed by atoms with Crippen LogP contribution in [0.3, 0.4) is 0 Å². The van der Waals surface area contributed by atoms with Crippen LogP contribution in [0.2, 0.25) is 0 Å². The van der Waals surface area contributed by atoms with Crippen LogP contribution in [0, 0.1) is 5.92 Å². The number of carbonyl (C=O) groups is 2. The standard InChI is InChI=1S/C19H30N2O2/c1-7-13-21(18(23)15-11-9-8-10-12-15)16(14(2)3)17(22)20-19(4,5)6/h8-12,14,16H,7,13H2,1-6H3,(H,20,22). The summed E-state index contributed by atoms with van der Waals surface area (Å²) in [6.07, 6.45) is 0.810. The van der Waals surface area contributed by atoms with Crippen LogP contribution in [-0.4, -0.2) is 34.8 Å². The molecule has 0 spiro atoms. The summed E-state index contributed by atoms with van der Waals surface area (Å²) in [5.74, 6) is -0.142. The SMILES string of the molecule is CCCN(C(=O)c1ccccc1)C(C(=O)NC(C)(C)C)C(C)C. The maximum Gasteiger partial charge on any atom is 0.254 e. The lowest BCUT2D eigenvalue weighted by Gasteiger charge is -2.35. The molecule has 4 heteroatoms. The van der Waals surface area contributed by atoms with Gasteiger partial charge < -0.3 is 10.2 Å². The fourth-order valence-electron chi connectivity index (χ4n) is 2.60. The number of amides is 2. The zero-order chi connectivity index (χ0) is 17.6. The van der Waals surface area contributed by atoms with E-state index in [1.807, 2.05) is 59.7 Å². The average Bonchev–Trinajstić information content (AvgIpc) is 2.44. The predicted octanol–water partition coefficient (Wildman–Crippen LogP) is 3.48. The van der Waals surface area contributed by atoms with Gasteiger partial charge in [-0.05, 0) is 45.2 Å². The van der Waals surface area contributed by atoms with Gasteiger partial charge in [0.15, 0.2) is 0 Å². The van der Waals surface area contributed by atoms with Gasteiger partial charge >= 0.3 is 0 Å². The molecule has 2 amide bonds. The molecule has 0 aromatic heterocycles. The summed E-state index contributed by atoms with van der Waals surface area (Å²) >= 11 is 0. The zero-order valence-electron chi connectivity index (χ0n) is 15.2. The van der Waals surface area contributed by atoms with Crippen molar-refractivity contribution in [2.24, 2.45) is 5.92 Å². The smallest absolute Gasteiger partial charge is 0.254 e. The Morgan fingerprint density at radius 2 is 1.70 bits per heavy atom. The Labute approximate surface area is 140 Å². The van der Waals surface area contributed by atoms with E-state index in [9.17, 15) is 9.59 Å². The van der Waals surface area contributed by atoms with Crippen LogP contribution in [-0.2, 0) is 4.79 Å². The van der Waals surface area contributed by atoms with E-state index < -0.39 is 6.04 Å². The lowest BCUT2D eigenvalue weighted by molar-refractivity contribution is -0.128. The molecule has 1 atom stereocenters. The first kappa shape index (κ1) is 19.2. The zero-order valence-corrected chi connectivity index (χ0v) is 15.2. The molecule has 0 aliphatic carbocycles. The van der Waals surface area contributed by atoms with Crippen molar-refractivity contribution in [2.75, 3.05) is 6.54 Å². The summed E-state index contributed by atoms with van der Waals surface area (Å²) in [6, 6.07) is 8.69. The molecule has 23 heavy (non-hydrogen) atoms. The van der Waals surface area contributed by atoms with Gasteiger partial charge in [-0.3, -0.25) is 9.59 Å². The molecule has 1 unspecified atom stereocenters. The van der Waals surface area contributed by atoms with Gasteiger partial charge in [0.05, 0.1) is 0 Å². The summed E-state index contributed by atoms with van der Waals surface area (Å²) in [5, 5.41) is 3.01. The van der Waals surface area contributed by atoms with Gasteiger partial charge in [0.1, 0.15) is 6.04 Å². The highest BCUT2D eigenvalue weighted by Crippen LogP contribution is 2.17. The normalized spacial score (nSPS) is 12.8. The Kier molecular flexibility index (Phi) is 6.79. The first-order valence-electron chi connectivity index (χ1n) is 8.35. The van der Waals surface area contributed by atoms with Crippen molar-refractivity contribution in [1.82, 2.24) is 10.2 Å². The number of rotatable bonds is 6. The number of benzene rings is 1. The molecule has 0 saturated heterocycles. The average molecular weight is 318 g/mol. The Hall–Kier alpha value is -1.84. The number of carbonyl (C=O) groups excluding carboxylic acids is 2. The summed E-state index contributed by atoms with van der Waals surface area (Å²) in [6.45, 7) is 12.4. The third kappa shape index (κ3) is 5.70. The predicted molar refractivity (Wildman–Crippen MR) is 94.3 cm³/mol.